The van der Waals surface area contributed by atoms with E-state index in [1.807, 2.05) is 0 Å². The minimum atomic E-state index is -1.35. The van der Waals surface area contributed by atoms with Crippen molar-refractivity contribution in [2.75, 3.05) is 6.61 Å². The highest BCUT2D eigenvalue weighted by atomic mass is 16.6. The molecule has 4 atom stereocenters. The zero-order valence-electron chi connectivity index (χ0n) is 15.6. The first kappa shape index (κ1) is 23.4. The van der Waals surface area contributed by atoms with Crippen molar-refractivity contribution in [3.05, 3.63) is 0 Å². The van der Waals surface area contributed by atoms with Gasteiger partial charge in [0.1, 0.15) is 0 Å². The number of carbonyl (C=O) groups excluding carboxylic acids is 5. The van der Waals surface area contributed by atoms with Crippen LogP contribution in [-0.2, 0) is 47.7 Å². The Morgan fingerprint density at radius 2 is 0.923 bits per heavy atom. The molecule has 148 valence electrons. The van der Waals surface area contributed by atoms with Crippen molar-refractivity contribution in [1.29, 1.82) is 0 Å². The maximum absolute atomic E-state index is 11.9. The molecular formula is C16H24O10. The normalized spacial score (nSPS) is 14.8. The molecule has 0 spiro atoms. The van der Waals surface area contributed by atoms with Crippen LogP contribution in [-0.4, -0.2) is 60.9 Å². The van der Waals surface area contributed by atoms with E-state index in [-0.39, 0.29) is 6.61 Å². The van der Waals surface area contributed by atoms with E-state index in [9.17, 15) is 24.0 Å². The van der Waals surface area contributed by atoms with Crippen molar-refractivity contribution < 1.29 is 47.7 Å². The van der Waals surface area contributed by atoms with Gasteiger partial charge in [0.2, 0.25) is 0 Å². The lowest BCUT2D eigenvalue weighted by atomic mass is 10.3. The Balaban J connectivity index is 4.51. The zero-order chi connectivity index (χ0) is 20.4. The Labute approximate surface area is 151 Å². The quantitative estimate of drug-likeness (QED) is 0.409. The molecule has 0 radical (unpaired) electrons. The molecule has 0 N–H and O–H groups in total. The topological polar surface area (TPSA) is 132 Å². The lowest BCUT2D eigenvalue weighted by Gasteiger charge is -2.19. The van der Waals surface area contributed by atoms with Crippen molar-refractivity contribution in [3.63, 3.8) is 0 Å². The Morgan fingerprint density at radius 3 is 1.23 bits per heavy atom. The Hall–Kier alpha value is -2.65. The third-order valence-corrected chi connectivity index (χ3v) is 2.84. The largest absolute Gasteiger partial charge is 0.463 e. The van der Waals surface area contributed by atoms with Gasteiger partial charge in [0.15, 0.2) is 24.4 Å². The molecule has 0 saturated heterocycles. The summed E-state index contributed by atoms with van der Waals surface area (Å²) in [4.78, 5) is 57.5. The van der Waals surface area contributed by atoms with Crippen LogP contribution in [0.3, 0.4) is 0 Å². The average molecular weight is 376 g/mol. The molecule has 0 rings (SSSR count). The van der Waals surface area contributed by atoms with E-state index in [0.717, 1.165) is 6.92 Å². The van der Waals surface area contributed by atoms with Crippen LogP contribution in [0.2, 0.25) is 0 Å². The van der Waals surface area contributed by atoms with Crippen LogP contribution in [0.4, 0.5) is 0 Å². The standard InChI is InChI=1S/C16H24O10/c1-7-22-13(18)8(2)24-15(20)10(4)26-16(21)11(5)25-14(19)9(3)23-12(6)17/h8-11H,7H2,1-6H3. The summed E-state index contributed by atoms with van der Waals surface area (Å²) in [5.41, 5.74) is 0. The van der Waals surface area contributed by atoms with Gasteiger partial charge in [-0.3, -0.25) is 4.79 Å². The van der Waals surface area contributed by atoms with E-state index in [2.05, 4.69) is 9.47 Å². The van der Waals surface area contributed by atoms with E-state index in [0.29, 0.717) is 0 Å². The van der Waals surface area contributed by atoms with E-state index in [1.54, 1.807) is 6.92 Å². The van der Waals surface area contributed by atoms with E-state index in [1.165, 1.54) is 27.7 Å². The fourth-order valence-corrected chi connectivity index (χ4v) is 1.51. The van der Waals surface area contributed by atoms with Crippen LogP contribution in [0, 0.1) is 0 Å². The molecule has 26 heavy (non-hydrogen) atoms. The van der Waals surface area contributed by atoms with Crippen molar-refractivity contribution in [2.45, 2.75) is 66.0 Å². The maximum atomic E-state index is 11.9. The van der Waals surface area contributed by atoms with E-state index in [4.69, 9.17) is 14.2 Å². The summed E-state index contributed by atoms with van der Waals surface area (Å²) >= 11 is 0. The van der Waals surface area contributed by atoms with Crippen LogP contribution in [0.1, 0.15) is 41.5 Å². The van der Waals surface area contributed by atoms with Crippen molar-refractivity contribution in [2.24, 2.45) is 0 Å². The van der Waals surface area contributed by atoms with Gasteiger partial charge in [-0.15, -0.1) is 0 Å². The third-order valence-electron chi connectivity index (χ3n) is 2.84. The summed E-state index contributed by atoms with van der Waals surface area (Å²) in [7, 11) is 0. The van der Waals surface area contributed by atoms with Crippen LogP contribution in [0.5, 0.6) is 0 Å². The summed E-state index contributed by atoms with van der Waals surface area (Å²) in [6.45, 7) is 7.88. The number of esters is 5. The molecule has 0 aliphatic rings. The monoisotopic (exact) mass is 376 g/mol. The number of rotatable bonds is 9. The smallest absolute Gasteiger partial charge is 0.347 e. The summed E-state index contributed by atoms with van der Waals surface area (Å²) in [5, 5.41) is 0. The van der Waals surface area contributed by atoms with Gasteiger partial charge in [-0.2, -0.15) is 0 Å². The molecule has 0 aromatic rings. The molecule has 0 saturated carbocycles. The molecule has 0 heterocycles. The van der Waals surface area contributed by atoms with E-state index < -0.39 is 54.3 Å². The molecule has 10 heteroatoms. The van der Waals surface area contributed by atoms with Gasteiger partial charge in [-0.05, 0) is 34.6 Å². The Bertz CT molecular complexity index is 541. The molecule has 0 aromatic carbocycles. The Kier molecular flexibility index (Phi) is 9.93. The molecule has 10 nitrogen and oxygen atoms in total. The highest BCUT2D eigenvalue weighted by Gasteiger charge is 2.29. The van der Waals surface area contributed by atoms with Crippen LogP contribution in [0.25, 0.3) is 0 Å². The first-order chi connectivity index (χ1) is 12.0. The summed E-state index contributed by atoms with van der Waals surface area (Å²) in [6, 6.07) is 0. The molecule has 0 aromatic heterocycles. The fourth-order valence-electron chi connectivity index (χ4n) is 1.51. The SMILES string of the molecule is CCOC(=O)C(C)OC(=O)C(C)OC(=O)C(C)OC(=O)C(C)OC(C)=O. The van der Waals surface area contributed by atoms with Gasteiger partial charge in [-0.25, -0.2) is 19.2 Å². The molecule has 0 aliphatic heterocycles. The molecule has 0 fully saturated rings. The third kappa shape index (κ3) is 8.45. The number of carbonyl (C=O) groups is 5. The predicted molar refractivity (Wildman–Crippen MR) is 84.5 cm³/mol. The molecule has 0 aliphatic carbocycles. The van der Waals surface area contributed by atoms with Crippen LogP contribution < -0.4 is 0 Å². The van der Waals surface area contributed by atoms with Crippen LogP contribution in [0.15, 0.2) is 0 Å². The number of ether oxygens (including phenoxy) is 5. The summed E-state index contributed by atoms with van der Waals surface area (Å²) in [5.74, 6) is -4.35. The molecule has 4 unspecified atom stereocenters. The van der Waals surface area contributed by atoms with Gasteiger partial charge < -0.3 is 23.7 Å². The average Bonchev–Trinajstić information content (AvgIpc) is 2.53. The fraction of sp³-hybridized carbons (Fsp3) is 0.688. The van der Waals surface area contributed by atoms with Crippen molar-refractivity contribution >= 4 is 29.8 Å². The summed E-state index contributed by atoms with van der Waals surface area (Å²) in [6.07, 6.45) is -5.05. The van der Waals surface area contributed by atoms with E-state index >= 15 is 0 Å². The second-order valence-electron chi connectivity index (χ2n) is 5.24. The zero-order valence-corrected chi connectivity index (χ0v) is 15.6. The maximum Gasteiger partial charge on any atom is 0.347 e. The second-order valence-corrected chi connectivity index (χ2v) is 5.24. The van der Waals surface area contributed by atoms with Gasteiger partial charge in [0.05, 0.1) is 6.61 Å². The minimum Gasteiger partial charge on any atom is -0.463 e. The van der Waals surface area contributed by atoms with Gasteiger partial charge in [-0.1, -0.05) is 0 Å². The first-order valence-electron chi connectivity index (χ1n) is 7.94. The van der Waals surface area contributed by atoms with Crippen molar-refractivity contribution in [1.82, 2.24) is 0 Å². The van der Waals surface area contributed by atoms with Crippen molar-refractivity contribution in [3.8, 4) is 0 Å². The van der Waals surface area contributed by atoms with Gasteiger partial charge in [0.25, 0.3) is 0 Å². The summed E-state index contributed by atoms with van der Waals surface area (Å²) < 4.78 is 23.7. The lowest BCUT2D eigenvalue weighted by Crippen LogP contribution is -2.37. The highest BCUT2D eigenvalue weighted by Crippen LogP contribution is 2.06. The highest BCUT2D eigenvalue weighted by molar-refractivity contribution is 5.85. The van der Waals surface area contributed by atoms with Gasteiger partial charge >= 0.3 is 29.8 Å². The Morgan fingerprint density at radius 1 is 0.615 bits per heavy atom. The van der Waals surface area contributed by atoms with Crippen LogP contribution >= 0.6 is 0 Å². The molecule has 0 bridgehead atoms. The second kappa shape index (κ2) is 11.1. The number of hydrogen-bond acceptors (Lipinski definition) is 10. The first-order valence-corrected chi connectivity index (χ1v) is 7.94. The molecule has 0 amide bonds. The minimum absolute atomic E-state index is 0.125. The number of hydrogen-bond donors (Lipinski definition) is 0. The lowest BCUT2D eigenvalue weighted by molar-refractivity contribution is -0.184. The predicted octanol–water partition coefficient (Wildman–Crippen LogP) is 0.296. The molecular weight excluding hydrogens is 352 g/mol. The van der Waals surface area contributed by atoms with Gasteiger partial charge in [0, 0.05) is 6.92 Å².